The van der Waals surface area contributed by atoms with Crippen LogP contribution < -0.4 is 11.4 Å². The van der Waals surface area contributed by atoms with Crippen molar-refractivity contribution in [1.29, 1.82) is 0 Å². The van der Waals surface area contributed by atoms with Crippen LogP contribution in [0, 0.1) is 5.82 Å². The van der Waals surface area contributed by atoms with E-state index in [4.69, 9.17) is 5.73 Å². The van der Waals surface area contributed by atoms with Crippen molar-refractivity contribution in [3.05, 3.63) is 28.6 Å². The second kappa shape index (κ2) is 4.55. The van der Waals surface area contributed by atoms with Crippen LogP contribution in [-0.4, -0.2) is 9.55 Å². The van der Waals surface area contributed by atoms with Crippen LogP contribution in [0.1, 0.15) is 19.8 Å². The van der Waals surface area contributed by atoms with Gasteiger partial charge in [0.05, 0.1) is 6.20 Å². The SMILES string of the molecule is CCCC=Cn1cc(F)c(N)nc1=O. The minimum absolute atomic E-state index is 0.366. The summed E-state index contributed by atoms with van der Waals surface area (Å²) >= 11 is 0. The van der Waals surface area contributed by atoms with Gasteiger partial charge in [-0.2, -0.15) is 4.98 Å². The Balaban J connectivity index is 2.98. The number of hydrogen-bond donors (Lipinski definition) is 1. The molecule has 4 nitrogen and oxygen atoms in total. The summed E-state index contributed by atoms with van der Waals surface area (Å²) in [7, 11) is 0. The maximum atomic E-state index is 12.9. The maximum absolute atomic E-state index is 12.9. The lowest BCUT2D eigenvalue weighted by Gasteiger charge is -1.99. The number of halogens is 1. The Morgan fingerprint density at radius 2 is 2.43 bits per heavy atom. The third-order valence-corrected chi connectivity index (χ3v) is 1.66. The molecule has 1 aromatic rings. The lowest BCUT2D eigenvalue weighted by Crippen LogP contribution is -2.20. The molecule has 0 amide bonds. The number of rotatable bonds is 3. The van der Waals surface area contributed by atoms with E-state index in [1.54, 1.807) is 6.08 Å². The molecule has 1 heterocycles. The third kappa shape index (κ3) is 2.42. The highest BCUT2D eigenvalue weighted by atomic mass is 19.1. The Bertz CT molecular complexity index is 398. The van der Waals surface area contributed by atoms with Crippen molar-refractivity contribution in [3.63, 3.8) is 0 Å². The van der Waals surface area contributed by atoms with Crippen molar-refractivity contribution in [1.82, 2.24) is 9.55 Å². The largest absolute Gasteiger partial charge is 0.381 e. The van der Waals surface area contributed by atoms with Crippen LogP contribution in [0.4, 0.5) is 10.2 Å². The summed E-state index contributed by atoms with van der Waals surface area (Å²) in [4.78, 5) is 14.5. The zero-order chi connectivity index (χ0) is 10.6. The number of allylic oxidation sites excluding steroid dienone is 1. The zero-order valence-corrected chi connectivity index (χ0v) is 7.90. The van der Waals surface area contributed by atoms with Crippen molar-refractivity contribution in [2.24, 2.45) is 0 Å². The normalized spacial score (nSPS) is 11.0. The molecular weight excluding hydrogens is 185 g/mol. The zero-order valence-electron chi connectivity index (χ0n) is 7.90. The summed E-state index contributed by atoms with van der Waals surface area (Å²) in [6.45, 7) is 2.01. The average Bonchev–Trinajstić information content (AvgIpc) is 2.14. The second-order valence-corrected chi connectivity index (χ2v) is 2.84. The first-order valence-electron chi connectivity index (χ1n) is 4.36. The quantitative estimate of drug-likeness (QED) is 0.792. The van der Waals surface area contributed by atoms with Gasteiger partial charge in [-0.05, 0) is 6.42 Å². The minimum atomic E-state index is -0.689. The van der Waals surface area contributed by atoms with Gasteiger partial charge in [0.1, 0.15) is 0 Å². The molecular formula is C9H12FN3O. The predicted octanol–water partition coefficient (Wildman–Crippen LogP) is 1.24. The summed E-state index contributed by atoms with van der Waals surface area (Å²) < 4.78 is 14.0. The predicted molar refractivity (Wildman–Crippen MR) is 53.1 cm³/mol. The van der Waals surface area contributed by atoms with Gasteiger partial charge in [0.2, 0.25) is 0 Å². The second-order valence-electron chi connectivity index (χ2n) is 2.84. The molecule has 0 aromatic carbocycles. The summed E-state index contributed by atoms with van der Waals surface area (Å²) in [6, 6.07) is 0. The summed E-state index contributed by atoms with van der Waals surface area (Å²) in [5.74, 6) is -1.05. The number of anilines is 1. The Kier molecular flexibility index (Phi) is 3.39. The van der Waals surface area contributed by atoms with Gasteiger partial charge in [-0.1, -0.05) is 19.4 Å². The fourth-order valence-electron chi connectivity index (χ4n) is 0.919. The molecule has 0 bridgehead atoms. The molecule has 76 valence electrons. The molecule has 0 saturated heterocycles. The Labute approximate surface area is 80.9 Å². The first kappa shape index (κ1) is 10.4. The van der Waals surface area contributed by atoms with Crippen LogP contribution in [0.3, 0.4) is 0 Å². The Morgan fingerprint density at radius 3 is 3.07 bits per heavy atom. The van der Waals surface area contributed by atoms with E-state index in [0.717, 1.165) is 23.6 Å². The van der Waals surface area contributed by atoms with Crippen molar-refractivity contribution >= 4 is 12.0 Å². The molecule has 0 atom stereocenters. The summed E-state index contributed by atoms with van der Waals surface area (Å²) in [6.07, 6.45) is 6.09. The van der Waals surface area contributed by atoms with E-state index >= 15 is 0 Å². The number of unbranched alkanes of at least 4 members (excludes halogenated alkanes) is 1. The fourth-order valence-corrected chi connectivity index (χ4v) is 0.919. The number of aromatic nitrogens is 2. The van der Waals surface area contributed by atoms with Crippen LogP contribution in [-0.2, 0) is 0 Å². The summed E-state index contributed by atoms with van der Waals surface area (Å²) in [5, 5.41) is 0. The molecule has 1 rings (SSSR count). The molecule has 0 fully saturated rings. The smallest absolute Gasteiger partial charge is 0.353 e. The van der Waals surface area contributed by atoms with E-state index < -0.39 is 11.5 Å². The minimum Gasteiger partial charge on any atom is -0.381 e. The molecule has 0 aliphatic heterocycles. The Hall–Kier alpha value is -1.65. The highest BCUT2D eigenvalue weighted by molar-refractivity contribution is 5.30. The standard InChI is InChI=1S/C9H12FN3O/c1-2-3-4-5-13-6-7(10)8(11)12-9(13)14/h4-6H,2-3H2,1H3,(H2,11,12,14). The van der Waals surface area contributed by atoms with Crippen molar-refractivity contribution in [2.45, 2.75) is 19.8 Å². The van der Waals surface area contributed by atoms with Gasteiger partial charge in [0.15, 0.2) is 11.6 Å². The molecule has 0 aliphatic rings. The van der Waals surface area contributed by atoms with Gasteiger partial charge in [0.25, 0.3) is 0 Å². The van der Waals surface area contributed by atoms with Crippen molar-refractivity contribution in [3.8, 4) is 0 Å². The molecule has 0 spiro atoms. The fraction of sp³-hybridized carbons (Fsp3) is 0.333. The number of nitrogen functional groups attached to an aromatic ring is 1. The molecule has 2 N–H and O–H groups in total. The molecule has 0 radical (unpaired) electrons. The van der Waals surface area contributed by atoms with Crippen LogP contribution in [0.5, 0.6) is 0 Å². The van der Waals surface area contributed by atoms with Crippen molar-refractivity contribution in [2.75, 3.05) is 5.73 Å². The van der Waals surface area contributed by atoms with Gasteiger partial charge in [-0.15, -0.1) is 0 Å². The first-order valence-corrected chi connectivity index (χ1v) is 4.36. The summed E-state index contributed by atoms with van der Waals surface area (Å²) in [5.41, 5.74) is 4.55. The maximum Gasteiger partial charge on any atom is 0.353 e. The molecule has 0 unspecified atom stereocenters. The molecule has 0 saturated carbocycles. The van der Waals surface area contributed by atoms with Gasteiger partial charge in [0, 0.05) is 6.20 Å². The van der Waals surface area contributed by atoms with E-state index in [9.17, 15) is 9.18 Å². The number of hydrogen-bond acceptors (Lipinski definition) is 3. The molecule has 0 aliphatic carbocycles. The molecule has 5 heteroatoms. The van der Waals surface area contributed by atoms with E-state index in [2.05, 4.69) is 4.98 Å². The molecule has 14 heavy (non-hydrogen) atoms. The van der Waals surface area contributed by atoms with Gasteiger partial charge in [-0.3, -0.25) is 4.57 Å². The first-order chi connectivity index (χ1) is 6.65. The van der Waals surface area contributed by atoms with E-state index in [-0.39, 0.29) is 5.82 Å². The topological polar surface area (TPSA) is 60.9 Å². The third-order valence-electron chi connectivity index (χ3n) is 1.66. The van der Waals surface area contributed by atoms with E-state index in [1.807, 2.05) is 6.92 Å². The highest BCUT2D eigenvalue weighted by Gasteiger charge is 2.01. The van der Waals surface area contributed by atoms with Gasteiger partial charge < -0.3 is 5.73 Å². The van der Waals surface area contributed by atoms with E-state index in [1.165, 1.54) is 6.20 Å². The van der Waals surface area contributed by atoms with Crippen LogP contribution in [0.2, 0.25) is 0 Å². The molecule has 1 aromatic heterocycles. The Morgan fingerprint density at radius 1 is 1.71 bits per heavy atom. The van der Waals surface area contributed by atoms with Crippen LogP contribution in [0.15, 0.2) is 17.1 Å². The lowest BCUT2D eigenvalue weighted by atomic mass is 10.3. The van der Waals surface area contributed by atoms with Gasteiger partial charge >= 0.3 is 5.69 Å². The monoisotopic (exact) mass is 197 g/mol. The van der Waals surface area contributed by atoms with Crippen LogP contribution in [0.25, 0.3) is 6.20 Å². The van der Waals surface area contributed by atoms with Crippen molar-refractivity contribution < 1.29 is 4.39 Å². The average molecular weight is 197 g/mol. The highest BCUT2D eigenvalue weighted by Crippen LogP contribution is 2.01. The van der Waals surface area contributed by atoms with Gasteiger partial charge in [-0.25, -0.2) is 9.18 Å². The van der Waals surface area contributed by atoms with E-state index in [0.29, 0.717) is 0 Å². The van der Waals surface area contributed by atoms with Crippen LogP contribution >= 0.6 is 0 Å². The number of nitrogens with zero attached hydrogens (tertiary/aromatic N) is 2. The lowest BCUT2D eigenvalue weighted by molar-refractivity contribution is 0.610. The number of nitrogens with two attached hydrogens (primary N) is 1.